The highest BCUT2D eigenvalue weighted by molar-refractivity contribution is 4.77. The summed E-state index contributed by atoms with van der Waals surface area (Å²) in [6, 6.07) is 2.12. The number of hydrogen-bond donors (Lipinski definition) is 0. The Hall–Kier alpha value is -0.590. The molecule has 0 bridgehead atoms. The van der Waals surface area contributed by atoms with Crippen LogP contribution in [0.5, 0.6) is 0 Å². The molecule has 0 radical (unpaired) electrons. The van der Waals surface area contributed by atoms with Crippen LogP contribution in [0.1, 0.15) is 20.3 Å². The molecule has 3 nitrogen and oxygen atoms in total. The highest BCUT2D eigenvalue weighted by Crippen LogP contribution is 2.18. The maximum atomic E-state index is 8.43. The van der Waals surface area contributed by atoms with Crippen LogP contribution >= 0.6 is 0 Å². The van der Waals surface area contributed by atoms with Crippen molar-refractivity contribution in [3.8, 4) is 6.07 Å². The summed E-state index contributed by atoms with van der Waals surface area (Å²) in [6.45, 7) is 5.46. The van der Waals surface area contributed by atoms with Crippen LogP contribution in [0.15, 0.2) is 0 Å². The second-order valence-corrected chi connectivity index (χ2v) is 3.51. The van der Waals surface area contributed by atoms with Gasteiger partial charge < -0.3 is 9.47 Å². The van der Waals surface area contributed by atoms with Gasteiger partial charge in [0.05, 0.1) is 19.3 Å². The molecular weight excluding hydrogens is 154 g/mol. The van der Waals surface area contributed by atoms with Crippen LogP contribution in [-0.2, 0) is 9.47 Å². The number of nitrogens with zero attached hydrogens (tertiary/aromatic N) is 1. The van der Waals surface area contributed by atoms with Gasteiger partial charge in [-0.1, -0.05) is 13.8 Å². The molecular formula is C9H15NO2. The Morgan fingerprint density at radius 2 is 2.00 bits per heavy atom. The van der Waals surface area contributed by atoms with Crippen molar-refractivity contribution in [1.29, 1.82) is 5.26 Å². The van der Waals surface area contributed by atoms with E-state index in [4.69, 9.17) is 14.7 Å². The first-order chi connectivity index (χ1) is 5.74. The van der Waals surface area contributed by atoms with E-state index in [0.29, 0.717) is 25.6 Å². The zero-order valence-corrected chi connectivity index (χ0v) is 7.62. The molecule has 0 amide bonds. The summed E-state index contributed by atoms with van der Waals surface area (Å²) in [5, 5.41) is 8.43. The Kier molecular flexibility index (Phi) is 3.51. The van der Waals surface area contributed by atoms with Crippen LogP contribution in [0.25, 0.3) is 0 Å². The van der Waals surface area contributed by atoms with Crippen molar-refractivity contribution in [3.63, 3.8) is 0 Å². The molecule has 0 aromatic heterocycles. The quantitative estimate of drug-likeness (QED) is 0.629. The molecule has 68 valence electrons. The predicted molar refractivity (Wildman–Crippen MR) is 44.3 cm³/mol. The van der Waals surface area contributed by atoms with E-state index >= 15 is 0 Å². The van der Waals surface area contributed by atoms with Gasteiger partial charge in [0, 0.05) is 18.3 Å². The molecule has 0 spiro atoms. The Morgan fingerprint density at radius 1 is 1.42 bits per heavy atom. The number of nitriles is 1. The van der Waals surface area contributed by atoms with E-state index in [0.717, 1.165) is 0 Å². The molecule has 0 saturated carbocycles. The van der Waals surface area contributed by atoms with Crippen molar-refractivity contribution >= 4 is 0 Å². The smallest absolute Gasteiger partial charge is 0.159 e. The van der Waals surface area contributed by atoms with Crippen molar-refractivity contribution in [2.75, 3.05) is 13.2 Å². The fraction of sp³-hybridized carbons (Fsp3) is 0.889. The summed E-state index contributed by atoms with van der Waals surface area (Å²) in [5.74, 6) is 0.665. The van der Waals surface area contributed by atoms with Crippen molar-refractivity contribution < 1.29 is 9.47 Å². The third kappa shape index (κ3) is 2.47. The lowest BCUT2D eigenvalue weighted by molar-refractivity contribution is -0.218. The van der Waals surface area contributed by atoms with Gasteiger partial charge in [0.15, 0.2) is 6.29 Å². The number of rotatable bonds is 2. The molecule has 1 rings (SSSR count). The molecule has 1 saturated heterocycles. The Morgan fingerprint density at radius 3 is 2.42 bits per heavy atom. The molecule has 1 aliphatic rings. The van der Waals surface area contributed by atoms with Crippen molar-refractivity contribution in [1.82, 2.24) is 0 Å². The van der Waals surface area contributed by atoms with E-state index < -0.39 is 0 Å². The van der Waals surface area contributed by atoms with Gasteiger partial charge in [-0.25, -0.2) is 0 Å². The lowest BCUT2D eigenvalue weighted by atomic mass is 10.1. The second kappa shape index (κ2) is 4.44. The summed E-state index contributed by atoms with van der Waals surface area (Å²) >= 11 is 0. The van der Waals surface area contributed by atoms with Crippen LogP contribution in [0, 0.1) is 23.2 Å². The molecule has 0 N–H and O–H groups in total. The van der Waals surface area contributed by atoms with Crippen molar-refractivity contribution in [3.05, 3.63) is 0 Å². The Balaban J connectivity index is 2.26. The van der Waals surface area contributed by atoms with Gasteiger partial charge >= 0.3 is 0 Å². The van der Waals surface area contributed by atoms with Crippen LogP contribution in [0.3, 0.4) is 0 Å². The van der Waals surface area contributed by atoms with E-state index in [1.165, 1.54) is 0 Å². The first kappa shape index (κ1) is 9.50. The van der Waals surface area contributed by atoms with E-state index in [2.05, 4.69) is 19.9 Å². The highest BCUT2D eigenvalue weighted by Gasteiger charge is 2.23. The SMILES string of the molecule is CC(C)C1OCC(CC#N)CO1. The molecule has 0 aromatic rings. The summed E-state index contributed by atoms with van der Waals surface area (Å²) < 4.78 is 10.9. The van der Waals surface area contributed by atoms with Gasteiger partial charge in [-0.15, -0.1) is 0 Å². The molecule has 1 heterocycles. The van der Waals surface area contributed by atoms with Gasteiger partial charge in [-0.3, -0.25) is 0 Å². The highest BCUT2D eigenvalue weighted by atomic mass is 16.7. The molecule has 1 fully saturated rings. The molecule has 1 aliphatic heterocycles. The fourth-order valence-corrected chi connectivity index (χ4v) is 1.19. The lowest BCUT2D eigenvalue weighted by Gasteiger charge is -2.30. The fourth-order valence-electron chi connectivity index (χ4n) is 1.19. The molecule has 0 aliphatic carbocycles. The first-order valence-electron chi connectivity index (χ1n) is 4.34. The van der Waals surface area contributed by atoms with Crippen LogP contribution in [-0.4, -0.2) is 19.5 Å². The van der Waals surface area contributed by atoms with E-state index in [-0.39, 0.29) is 12.2 Å². The standard InChI is InChI=1S/C9H15NO2/c1-7(2)9-11-5-8(3-4-10)6-12-9/h7-9H,3,5-6H2,1-2H3. The summed E-state index contributed by atoms with van der Waals surface area (Å²) in [6.07, 6.45) is 0.463. The monoisotopic (exact) mass is 169 g/mol. The Labute approximate surface area is 73.3 Å². The van der Waals surface area contributed by atoms with Gasteiger partial charge in [0.2, 0.25) is 0 Å². The van der Waals surface area contributed by atoms with Crippen LogP contribution in [0.4, 0.5) is 0 Å². The third-order valence-corrected chi connectivity index (χ3v) is 1.92. The normalized spacial score (nSPS) is 30.2. The second-order valence-electron chi connectivity index (χ2n) is 3.51. The van der Waals surface area contributed by atoms with E-state index in [1.54, 1.807) is 0 Å². The zero-order valence-electron chi connectivity index (χ0n) is 7.62. The topological polar surface area (TPSA) is 42.2 Å². The Bertz CT molecular complexity index is 166. The minimum atomic E-state index is -0.0695. The predicted octanol–water partition coefficient (Wildman–Crippen LogP) is 1.55. The first-order valence-corrected chi connectivity index (χ1v) is 4.34. The summed E-state index contributed by atoms with van der Waals surface area (Å²) in [5.41, 5.74) is 0. The number of ether oxygens (including phenoxy) is 2. The van der Waals surface area contributed by atoms with Crippen molar-refractivity contribution in [2.45, 2.75) is 26.6 Å². The van der Waals surface area contributed by atoms with Gasteiger partial charge in [0.1, 0.15) is 0 Å². The zero-order chi connectivity index (χ0) is 8.97. The van der Waals surface area contributed by atoms with E-state index in [1.807, 2.05) is 0 Å². The van der Waals surface area contributed by atoms with Gasteiger partial charge in [0.25, 0.3) is 0 Å². The molecule has 3 heteroatoms. The molecule has 0 atom stereocenters. The molecule has 0 aromatic carbocycles. The number of hydrogen-bond acceptors (Lipinski definition) is 3. The average Bonchev–Trinajstić information content (AvgIpc) is 2.06. The van der Waals surface area contributed by atoms with Crippen molar-refractivity contribution in [2.24, 2.45) is 11.8 Å². The molecule has 12 heavy (non-hydrogen) atoms. The lowest BCUT2D eigenvalue weighted by Crippen LogP contribution is -2.35. The van der Waals surface area contributed by atoms with Gasteiger partial charge in [-0.05, 0) is 0 Å². The van der Waals surface area contributed by atoms with Crippen LogP contribution in [0.2, 0.25) is 0 Å². The molecule has 0 unspecified atom stereocenters. The third-order valence-electron chi connectivity index (χ3n) is 1.92. The average molecular weight is 169 g/mol. The van der Waals surface area contributed by atoms with Gasteiger partial charge in [-0.2, -0.15) is 5.26 Å². The largest absolute Gasteiger partial charge is 0.352 e. The maximum Gasteiger partial charge on any atom is 0.159 e. The van der Waals surface area contributed by atoms with Crippen LogP contribution < -0.4 is 0 Å². The minimum absolute atomic E-state index is 0.0695. The summed E-state index contributed by atoms with van der Waals surface area (Å²) in [4.78, 5) is 0. The summed E-state index contributed by atoms with van der Waals surface area (Å²) in [7, 11) is 0. The van der Waals surface area contributed by atoms with E-state index in [9.17, 15) is 0 Å². The minimum Gasteiger partial charge on any atom is -0.352 e. The maximum absolute atomic E-state index is 8.43.